The number of methoxy groups -OCH3 is 1. The third kappa shape index (κ3) is 5.11. The van der Waals surface area contributed by atoms with Crippen LogP contribution >= 0.6 is 11.6 Å². The van der Waals surface area contributed by atoms with Crippen LogP contribution in [-0.4, -0.2) is 31.2 Å². The van der Waals surface area contributed by atoms with E-state index in [1.165, 1.54) is 12.3 Å². The van der Waals surface area contributed by atoms with E-state index in [1.54, 1.807) is 13.2 Å². The van der Waals surface area contributed by atoms with Crippen LogP contribution in [-0.2, 0) is 11.3 Å². The lowest BCUT2D eigenvalue weighted by molar-refractivity contribution is 0.0943. The largest absolute Gasteiger partial charge is 0.483 e. The fraction of sp³-hybridized carbons (Fsp3) is 0.294. The van der Waals surface area contributed by atoms with Gasteiger partial charge in [0.25, 0.3) is 5.91 Å². The maximum Gasteiger partial charge on any atom is 0.267 e. The molecule has 0 aliphatic rings. The summed E-state index contributed by atoms with van der Waals surface area (Å²) in [6.07, 6.45) is 2.08. The number of halogens is 1. The number of carbonyl (C=O) groups excluding carboxylic acids is 1. The zero-order valence-corrected chi connectivity index (χ0v) is 14.1. The van der Waals surface area contributed by atoms with E-state index in [0.29, 0.717) is 24.6 Å². The normalized spacial score (nSPS) is 10.4. The molecule has 0 atom stereocenters. The number of nitrogens with one attached hydrogen (secondary N) is 2. The third-order valence-electron chi connectivity index (χ3n) is 3.27. The standard InChI is InChI=1S/C17H19ClN2O4/c1-23-8-4-7-19-17(22)14-9-15(21)16(10-20-14)24-11-12-5-2-3-6-13(12)18/h2-3,5-6,9-10H,4,7-8,11H2,1H3,(H,19,22)(H,20,21). The summed E-state index contributed by atoms with van der Waals surface area (Å²) in [5, 5.41) is 3.27. The summed E-state index contributed by atoms with van der Waals surface area (Å²) in [5.41, 5.74) is 0.587. The number of carbonyl (C=O) groups is 1. The molecule has 7 heteroatoms. The van der Waals surface area contributed by atoms with Crippen molar-refractivity contribution in [3.8, 4) is 5.75 Å². The number of rotatable bonds is 8. The van der Waals surface area contributed by atoms with Crippen molar-refractivity contribution in [3.05, 3.63) is 63.0 Å². The van der Waals surface area contributed by atoms with Gasteiger partial charge in [0, 0.05) is 43.1 Å². The number of aromatic nitrogens is 1. The van der Waals surface area contributed by atoms with Gasteiger partial charge in [-0.15, -0.1) is 0 Å². The van der Waals surface area contributed by atoms with Gasteiger partial charge in [0.2, 0.25) is 5.43 Å². The third-order valence-corrected chi connectivity index (χ3v) is 3.64. The number of hydrogen-bond donors (Lipinski definition) is 2. The maximum atomic E-state index is 12.0. The van der Waals surface area contributed by atoms with Crippen molar-refractivity contribution in [2.45, 2.75) is 13.0 Å². The monoisotopic (exact) mass is 350 g/mol. The lowest BCUT2D eigenvalue weighted by atomic mass is 10.2. The van der Waals surface area contributed by atoms with E-state index < -0.39 is 0 Å². The fourth-order valence-electron chi connectivity index (χ4n) is 1.99. The van der Waals surface area contributed by atoms with E-state index in [0.717, 1.165) is 5.56 Å². The van der Waals surface area contributed by atoms with Crippen molar-refractivity contribution < 1.29 is 14.3 Å². The molecule has 0 aliphatic heterocycles. The van der Waals surface area contributed by atoms with Crippen LogP contribution in [0.3, 0.4) is 0 Å². The summed E-state index contributed by atoms with van der Waals surface area (Å²) in [6, 6.07) is 8.44. The van der Waals surface area contributed by atoms with Crippen LogP contribution in [0.1, 0.15) is 22.5 Å². The Morgan fingerprint density at radius 1 is 1.33 bits per heavy atom. The zero-order valence-electron chi connectivity index (χ0n) is 13.3. The predicted octanol–water partition coefficient (Wildman–Crippen LogP) is 2.37. The number of aromatic amines is 1. The Balaban J connectivity index is 1.95. The Morgan fingerprint density at radius 3 is 2.83 bits per heavy atom. The minimum atomic E-state index is -0.372. The molecule has 2 N–H and O–H groups in total. The molecule has 1 amide bonds. The number of H-pyrrole nitrogens is 1. The van der Waals surface area contributed by atoms with Gasteiger partial charge in [-0.25, -0.2) is 0 Å². The van der Waals surface area contributed by atoms with Crippen LogP contribution in [0, 0.1) is 0 Å². The predicted molar refractivity (Wildman–Crippen MR) is 91.7 cm³/mol. The Morgan fingerprint density at radius 2 is 2.12 bits per heavy atom. The molecular formula is C17H19ClN2O4. The average molecular weight is 351 g/mol. The minimum absolute atomic E-state index is 0.130. The smallest absolute Gasteiger partial charge is 0.267 e. The van der Waals surface area contributed by atoms with Gasteiger partial charge in [-0.3, -0.25) is 9.59 Å². The lowest BCUT2D eigenvalue weighted by Gasteiger charge is -2.08. The second-order valence-corrected chi connectivity index (χ2v) is 5.46. The molecule has 1 aromatic heterocycles. The van der Waals surface area contributed by atoms with Crippen molar-refractivity contribution in [1.29, 1.82) is 0 Å². The zero-order chi connectivity index (χ0) is 17.4. The summed E-state index contributed by atoms with van der Waals surface area (Å²) in [6.45, 7) is 1.20. The topological polar surface area (TPSA) is 80.4 Å². The van der Waals surface area contributed by atoms with Crippen molar-refractivity contribution in [2.75, 3.05) is 20.3 Å². The fourth-order valence-corrected chi connectivity index (χ4v) is 2.18. The highest BCUT2D eigenvalue weighted by atomic mass is 35.5. The lowest BCUT2D eigenvalue weighted by Crippen LogP contribution is -2.27. The van der Waals surface area contributed by atoms with E-state index in [4.69, 9.17) is 21.1 Å². The molecule has 0 bridgehead atoms. The number of ether oxygens (including phenoxy) is 2. The average Bonchev–Trinajstić information content (AvgIpc) is 2.58. The second-order valence-electron chi connectivity index (χ2n) is 5.06. The van der Waals surface area contributed by atoms with Crippen LogP contribution in [0.2, 0.25) is 5.02 Å². The molecule has 1 aromatic carbocycles. The van der Waals surface area contributed by atoms with Gasteiger partial charge in [-0.2, -0.15) is 0 Å². The number of pyridine rings is 1. The van der Waals surface area contributed by atoms with E-state index in [1.807, 2.05) is 18.2 Å². The van der Waals surface area contributed by atoms with Gasteiger partial charge < -0.3 is 19.8 Å². The van der Waals surface area contributed by atoms with E-state index in [-0.39, 0.29) is 29.4 Å². The van der Waals surface area contributed by atoms with Crippen LogP contribution in [0.15, 0.2) is 41.3 Å². The first-order valence-corrected chi connectivity index (χ1v) is 7.85. The van der Waals surface area contributed by atoms with E-state index >= 15 is 0 Å². The van der Waals surface area contributed by atoms with Crippen LogP contribution < -0.4 is 15.5 Å². The van der Waals surface area contributed by atoms with Crippen molar-refractivity contribution in [3.63, 3.8) is 0 Å². The van der Waals surface area contributed by atoms with Gasteiger partial charge in [0.15, 0.2) is 5.75 Å². The van der Waals surface area contributed by atoms with Gasteiger partial charge in [-0.05, 0) is 12.5 Å². The number of benzene rings is 1. The van der Waals surface area contributed by atoms with E-state index in [9.17, 15) is 9.59 Å². The molecule has 2 rings (SSSR count). The van der Waals surface area contributed by atoms with Crippen molar-refractivity contribution in [1.82, 2.24) is 10.3 Å². The summed E-state index contributed by atoms with van der Waals surface area (Å²) in [5.74, 6) is -0.216. The maximum absolute atomic E-state index is 12.0. The molecular weight excluding hydrogens is 332 g/mol. The van der Waals surface area contributed by atoms with Gasteiger partial charge in [-0.1, -0.05) is 29.8 Å². The molecule has 0 fully saturated rings. The highest BCUT2D eigenvalue weighted by Gasteiger charge is 2.10. The van der Waals surface area contributed by atoms with Gasteiger partial charge in [0.1, 0.15) is 12.3 Å². The van der Waals surface area contributed by atoms with Crippen LogP contribution in [0.4, 0.5) is 0 Å². The minimum Gasteiger partial charge on any atom is -0.483 e. The summed E-state index contributed by atoms with van der Waals surface area (Å²) in [7, 11) is 1.60. The molecule has 128 valence electrons. The Kier molecular flexibility index (Phi) is 6.84. The molecule has 24 heavy (non-hydrogen) atoms. The summed E-state index contributed by atoms with van der Waals surface area (Å²) >= 11 is 6.04. The van der Waals surface area contributed by atoms with E-state index in [2.05, 4.69) is 10.3 Å². The van der Waals surface area contributed by atoms with Crippen molar-refractivity contribution in [2.24, 2.45) is 0 Å². The van der Waals surface area contributed by atoms with Crippen LogP contribution in [0.5, 0.6) is 5.75 Å². The summed E-state index contributed by atoms with van der Waals surface area (Å²) in [4.78, 5) is 26.7. The molecule has 6 nitrogen and oxygen atoms in total. The molecule has 1 heterocycles. The molecule has 0 radical (unpaired) electrons. The molecule has 0 saturated carbocycles. The molecule has 0 saturated heterocycles. The Bertz CT molecular complexity index is 745. The SMILES string of the molecule is COCCCNC(=O)c1cc(=O)c(OCc2ccccc2Cl)c[nH]1. The quantitative estimate of drug-likeness (QED) is 0.716. The van der Waals surface area contributed by atoms with Gasteiger partial charge in [0.05, 0.1) is 0 Å². The number of hydrogen-bond acceptors (Lipinski definition) is 4. The van der Waals surface area contributed by atoms with Gasteiger partial charge >= 0.3 is 0 Å². The first-order valence-electron chi connectivity index (χ1n) is 7.48. The molecule has 2 aromatic rings. The second kappa shape index (κ2) is 9.10. The first-order chi connectivity index (χ1) is 11.6. The summed E-state index contributed by atoms with van der Waals surface area (Å²) < 4.78 is 10.4. The first kappa shape index (κ1) is 18.0. The highest BCUT2D eigenvalue weighted by Crippen LogP contribution is 2.16. The highest BCUT2D eigenvalue weighted by molar-refractivity contribution is 6.31. The van der Waals surface area contributed by atoms with Crippen LogP contribution in [0.25, 0.3) is 0 Å². The number of amides is 1. The molecule has 0 spiro atoms. The Labute approximate surface area is 144 Å². The Hall–Kier alpha value is -2.31. The van der Waals surface area contributed by atoms with Crippen molar-refractivity contribution >= 4 is 17.5 Å². The molecule has 0 aliphatic carbocycles. The molecule has 0 unspecified atom stereocenters.